The number of aliphatic carboxylic acids is 1. The van der Waals surface area contributed by atoms with E-state index in [1.54, 1.807) is 7.11 Å². The fourth-order valence-electron chi connectivity index (χ4n) is 1.51. The molecule has 0 atom stereocenters. The zero-order chi connectivity index (χ0) is 15.9. The van der Waals surface area contributed by atoms with Crippen LogP contribution in [0.1, 0.15) is 32.1 Å². The van der Waals surface area contributed by atoms with Gasteiger partial charge in [-0.3, -0.25) is 9.59 Å². The number of nitrogens with one attached hydrogen (secondary N) is 3. The maximum absolute atomic E-state index is 11.4. The van der Waals surface area contributed by atoms with Crippen molar-refractivity contribution in [2.75, 3.05) is 33.4 Å². The van der Waals surface area contributed by atoms with E-state index in [9.17, 15) is 14.4 Å². The van der Waals surface area contributed by atoms with E-state index in [4.69, 9.17) is 9.84 Å². The van der Waals surface area contributed by atoms with Gasteiger partial charge < -0.3 is 25.8 Å². The molecule has 3 amide bonds. The fourth-order valence-corrected chi connectivity index (χ4v) is 1.51. The number of hydrogen-bond donors (Lipinski definition) is 4. The Labute approximate surface area is 124 Å². The molecule has 0 aliphatic carbocycles. The van der Waals surface area contributed by atoms with Crippen LogP contribution in [0, 0.1) is 0 Å². The average Bonchev–Trinajstić information content (AvgIpc) is 2.42. The molecule has 0 aliphatic heterocycles. The van der Waals surface area contributed by atoms with Gasteiger partial charge >= 0.3 is 12.0 Å². The normalized spacial score (nSPS) is 9.95. The topological polar surface area (TPSA) is 117 Å². The van der Waals surface area contributed by atoms with Gasteiger partial charge in [0.15, 0.2) is 0 Å². The first kappa shape index (κ1) is 19.2. The van der Waals surface area contributed by atoms with Crippen molar-refractivity contribution in [3.8, 4) is 0 Å². The molecule has 0 spiro atoms. The Morgan fingerprint density at radius 2 is 1.62 bits per heavy atom. The van der Waals surface area contributed by atoms with Crippen LogP contribution in [0.25, 0.3) is 0 Å². The van der Waals surface area contributed by atoms with Crippen molar-refractivity contribution in [2.45, 2.75) is 32.1 Å². The highest BCUT2D eigenvalue weighted by Crippen LogP contribution is 1.98. The molecule has 0 aromatic rings. The van der Waals surface area contributed by atoms with Gasteiger partial charge in [0.2, 0.25) is 5.91 Å². The summed E-state index contributed by atoms with van der Waals surface area (Å²) in [4.78, 5) is 32.9. The Hall–Kier alpha value is -1.83. The molecular formula is C13H25N3O5. The summed E-state index contributed by atoms with van der Waals surface area (Å²) in [5, 5.41) is 16.3. The Balaban J connectivity index is 3.38. The zero-order valence-electron chi connectivity index (χ0n) is 12.4. The summed E-state index contributed by atoms with van der Waals surface area (Å²) < 4.78 is 4.79. The molecule has 0 fully saturated rings. The summed E-state index contributed by atoms with van der Waals surface area (Å²) in [7, 11) is 1.56. The first-order chi connectivity index (χ1) is 10.1. The fraction of sp³-hybridized carbons (Fsp3) is 0.769. The van der Waals surface area contributed by atoms with E-state index in [1.807, 2.05) is 0 Å². The Kier molecular flexibility index (Phi) is 12.0. The van der Waals surface area contributed by atoms with Gasteiger partial charge in [-0.2, -0.15) is 0 Å². The van der Waals surface area contributed by atoms with Crippen LogP contribution in [0.4, 0.5) is 4.79 Å². The molecule has 0 aromatic carbocycles. The zero-order valence-corrected chi connectivity index (χ0v) is 12.4. The van der Waals surface area contributed by atoms with Crippen molar-refractivity contribution in [2.24, 2.45) is 0 Å². The van der Waals surface area contributed by atoms with Crippen LogP contribution in [0.5, 0.6) is 0 Å². The molecule has 0 radical (unpaired) electrons. The highest BCUT2D eigenvalue weighted by molar-refractivity contribution is 5.78. The third kappa shape index (κ3) is 14.4. The number of carboxylic acids is 1. The first-order valence-electron chi connectivity index (χ1n) is 7.05. The van der Waals surface area contributed by atoms with Crippen LogP contribution in [0.2, 0.25) is 0 Å². The number of unbranched alkanes of at least 4 members (excludes halogenated alkanes) is 2. The number of urea groups is 1. The average molecular weight is 303 g/mol. The second-order valence-corrected chi connectivity index (χ2v) is 4.48. The van der Waals surface area contributed by atoms with E-state index in [0.29, 0.717) is 26.1 Å². The molecule has 8 nitrogen and oxygen atoms in total. The second kappa shape index (κ2) is 13.2. The minimum absolute atomic E-state index is 0.138. The molecule has 0 bridgehead atoms. The largest absolute Gasteiger partial charge is 0.481 e. The predicted octanol–water partition coefficient (Wildman–Crippen LogP) is 0.0833. The van der Waals surface area contributed by atoms with Crippen molar-refractivity contribution in [3.05, 3.63) is 0 Å². The summed E-state index contributed by atoms with van der Waals surface area (Å²) in [6.07, 6.45) is 2.48. The summed E-state index contributed by atoms with van der Waals surface area (Å²) in [5.41, 5.74) is 0. The number of methoxy groups -OCH3 is 1. The van der Waals surface area contributed by atoms with E-state index in [1.165, 1.54) is 0 Å². The van der Waals surface area contributed by atoms with Crippen LogP contribution in [0.15, 0.2) is 0 Å². The summed E-state index contributed by atoms with van der Waals surface area (Å²) in [6, 6.07) is -0.321. The molecule has 0 aliphatic rings. The number of rotatable bonds is 12. The third-order valence-electron chi connectivity index (χ3n) is 2.62. The smallest absolute Gasteiger partial charge is 0.314 e. The standard InChI is InChI=1S/C13H25N3O5/c1-21-10-9-14-11(17)6-8-16-13(20)15-7-4-2-3-5-12(18)19/h2-10H2,1H3,(H,14,17)(H,18,19)(H2,15,16,20). The van der Waals surface area contributed by atoms with Gasteiger partial charge in [-0.05, 0) is 12.8 Å². The van der Waals surface area contributed by atoms with Crippen LogP contribution < -0.4 is 16.0 Å². The molecule has 4 N–H and O–H groups in total. The SMILES string of the molecule is COCCNC(=O)CCNC(=O)NCCCCCC(=O)O. The van der Waals surface area contributed by atoms with Gasteiger partial charge in [0, 0.05) is 39.6 Å². The van der Waals surface area contributed by atoms with Crippen molar-refractivity contribution >= 4 is 17.9 Å². The molecule has 0 unspecified atom stereocenters. The number of carbonyl (C=O) groups is 3. The summed E-state index contributed by atoms with van der Waals surface area (Å²) >= 11 is 0. The van der Waals surface area contributed by atoms with E-state index >= 15 is 0 Å². The van der Waals surface area contributed by atoms with Crippen LogP contribution in [-0.4, -0.2) is 56.4 Å². The lowest BCUT2D eigenvalue weighted by molar-refractivity contribution is -0.137. The van der Waals surface area contributed by atoms with Crippen molar-refractivity contribution in [1.82, 2.24) is 16.0 Å². The van der Waals surface area contributed by atoms with Gasteiger partial charge in [-0.1, -0.05) is 6.42 Å². The highest BCUT2D eigenvalue weighted by atomic mass is 16.5. The molecule has 0 heterocycles. The monoisotopic (exact) mass is 303 g/mol. The molecule has 0 saturated heterocycles. The van der Waals surface area contributed by atoms with Crippen LogP contribution in [-0.2, 0) is 14.3 Å². The first-order valence-corrected chi connectivity index (χ1v) is 7.05. The van der Waals surface area contributed by atoms with Gasteiger partial charge in [0.1, 0.15) is 0 Å². The van der Waals surface area contributed by atoms with Gasteiger partial charge in [0.05, 0.1) is 6.61 Å². The number of hydrogen-bond acceptors (Lipinski definition) is 4. The number of amides is 3. The van der Waals surface area contributed by atoms with Crippen molar-refractivity contribution in [1.29, 1.82) is 0 Å². The van der Waals surface area contributed by atoms with E-state index < -0.39 is 5.97 Å². The Morgan fingerprint density at radius 3 is 2.29 bits per heavy atom. The molecule has 122 valence electrons. The van der Waals surface area contributed by atoms with Crippen LogP contribution in [0.3, 0.4) is 0 Å². The highest BCUT2D eigenvalue weighted by Gasteiger charge is 2.03. The Bertz CT molecular complexity index is 323. The van der Waals surface area contributed by atoms with Crippen molar-refractivity contribution in [3.63, 3.8) is 0 Å². The molecule has 0 saturated carbocycles. The second-order valence-electron chi connectivity index (χ2n) is 4.48. The molecule has 0 aromatic heterocycles. The molecule has 21 heavy (non-hydrogen) atoms. The van der Waals surface area contributed by atoms with E-state index in [-0.39, 0.29) is 31.3 Å². The van der Waals surface area contributed by atoms with Gasteiger partial charge in [-0.15, -0.1) is 0 Å². The van der Waals surface area contributed by atoms with Crippen molar-refractivity contribution < 1.29 is 24.2 Å². The van der Waals surface area contributed by atoms with Gasteiger partial charge in [-0.25, -0.2) is 4.79 Å². The Morgan fingerprint density at radius 1 is 0.905 bits per heavy atom. The summed E-state index contributed by atoms with van der Waals surface area (Å²) in [5.74, 6) is -0.939. The van der Waals surface area contributed by atoms with E-state index in [0.717, 1.165) is 12.8 Å². The lowest BCUT2D eigenvalue weighted by Gasteiger charge is -2.08. The molecule has 0 rings (SSSR count). The van der Waals surface area contributed by atoms with Gasteiger partial charge in [0.25, 0.3) is 0 Å². The van der Waals surface area contributed by atoms with Crippen LogP contribution >= 0.6 is 0 Å². The number of ether oxygens (including phenoxy) is 1. The minimum atomic E-state index is -0.801. The summed E-state index contributed by atoms with van der Waals surface area (Å²) in [6.45, 7) is 1.68. The number of carboxylic acid groups (broad SMARTS) is 1. The maximum atomic E-state index is 11.4. The molecular weight excluding hydrogens is 278 g/mol. The minimum Gasteiger partial charge on any atom is -0.481 e. The quantitative estimate of drug-likeness (QED) is 0.381. The number of carbonyl (C=O) groups excluding carboxylic acids is 2. The predicted molar refractivity (Wildman–Crippen MR) is 77.0 cm³/mol. The van der Waals surface area contributed by atoms with E-state index in [2.05, 4.69) is 16.0 Å². The lowest BCUT2D eigenvalue weighted by atomic mass is 10.2. The molecule has 8 heteroatoms. The lowest BCUT2D eigenvalue weighted by Crippen LogP contribution is -2.38. The maximum Gasteiger partial charge on any atom is 0.314 e. The third-order valence-corrected chi connectivity index (χ3v) is 2.62.